The van der Waals surface area contributed by atoms with Gasteiger partial charge in [0.1, 0.15) is 23.4 Å². The third-order valence-electron chi connectivity index (χ3n) is 6.93. The zero-order valence-corrected chi connectivity index (χ0v) is 23.2. The predicted octanol–water partition coefficient (Wildman–Crippen LogP) is 4.82. The van der Waals surface area contributed by atoms with Gasteiger partial charge in [0.15, 0.2) is 0 Å². The van der Waals surface area contributed by atoms with Crippen LogP contribution in [0.5, 0.6) is 0 Å². The van der Waals surface area contributed by atoms with Crippen LogP contribution in [-0.2, 0) is 19.1 Å². The Labute approximate surface area is 228 Å². The molecule has 1 aliphatic heterocycles. The van der Waals surface area contributed by atoms with Crippen LogP contribution in [0.2, 0.25) is 5.02 Å². The standard InChI is InChI=1S/C28H36ClN5O4/c1-27(2,3)38-23(35)17-28(26(36)33-22(10-16-37-4)19-5-7-20(29)8-6-19)11-14-34(15-12-28)25-21-9-13-30-24(21)31-18-32-25/h5-9,13,18,22H,10-12,14-17H2,1-4H3,(H,33,36)(H,30,31,32). The quantitative estimate of drug-likeness (QED) is 0.374. The maximum absolute atomic E-state index is 14.0. The number of carbonyl (C=O) groups is 2. The minimum atomic E-state index is -0.916. The first-order chi connectivity index (χ1) is 18.1. The second-order valence-corrected chi connectivity index (χ2v) is 11.3. The molecule has 204 valence electrons. The molecule has 1 fully saturated rings. The van der Waals surface area contributed by atoms with E-state index >= 15 is 0 Å². The summed E-state index contributed by atoms with van der Waals surface area (Å²) in [4.78, 5) is 41.1. The smallest absolute Gasteiger partial charge is 0.307 e. The number of H-pyrrole nitrogens is 1. The van der Waals surface area contributed by atoms with Crippen LogP contribution in [0.15, 0.2) is 42.9 Å². The molecule has 1 saturated heterocycles. The first-order valence-electron chi connectivity index (χ1n) is 12.9. The number of amides is 1. The lowest BCUT2D eigenvalue weighted by Gasteiger charge is -2.41. The maximum Gasteiger partial charge on any atom is 0.307 e. The van der Waals surface area contributed by atoms with Crippen LogP contribution in [0, 0.1) is 5.41 Å². The number of nitrogens with zero attached hydrogens (tertiary/aromatic N) is 3. The van der Waals surface area contributed by atoms with E-state index < -0.39 is 11.0 Å². The Morgan fingerprint density at radius 1 is 1.16 bits per heavy atom. The monoisotopic (exact) mass is 541 g/mol. The van der Waals surface area contributed by atoms with E-state index in [0.717, 1.165) is 22.4 Å². The van der Waals surface area contributed by atoms with Crippen LogP contribution in [0.1, 0.15) is 58.1 Å². The van der Waals surface area contributed by atoms with Gasteiger partial charge in [-0.3, -0.25) is 9.59 Å². The van der Waals surface area contributed by atoms with Crippen molar-refractivity contribution in [3.8, 4) is 0 Å². The van der Waals surface area contributed by atoms with Crippen LogP contribution < -0.4 is 10.2 Å². The van der Waals surface area contributed by atoms with E-state index in [9.17, 15) is 9.59 Å². The SMILES string of the molecule is COCCC(NC(=O)C1(CC(=O)OC(C)(C)C)CCN(c2ncnc3[nH]ccc23)CC1)c1ccc(Cl)cc1. The number of aromatic amines is 1. The Morgan fingerprint density at radius 3 is 2.53 bits per heavy atom. The fraction of sp³-hybridized carbons (Fsp3) is 0.500. The number of carbonyl (C=O) groups excluding carboxylic acids is 2. The molecule has 3 aromatic rings. The molecule has 1 aliphatic rings. The van der Waals surface area contributed by atoms with E-state index in [4.69, 9.17) is 21.1 Å². The summed E-state index contributed by atoms with van der Waals surface area (Å²) in [5, 5.41) is 4.78. The number of fused-ring (bicyclic) bond motifs is 1. The van der Waals surface area contributed by atoms with Crippen molar-refractivity contribution < 1.29 is 19.1 Å². The number of methoxy groups -OCH3 is 1. The number of aromatic nitrogens is 3. The van der Waals surface area contributed by atoms with E-state index in [0.29, 0.717) is 44.0 Å². The van der Waals surface area contributed by atoms with Crippen molar-refractivity contribution in [2.75, 3.05) is 31.7 Å². The van der Waals surface area contributed by atoms with Crippen LogP contribution in [-0.4, -0.2) is 59.2 Å². The summed E-state index contributed by atoms with van der Waals surface area (Å²) < 4.78 is 11.0. The zero-order chi connectivity index (χ0) is 27.3. The summed E-state index contributed by atoms with van der Waals surface area (Å²) in [6.07, 6.45) is 4.92. The van der Waals surface area contributed by atoms with Crippen molar-refractivity contribution in [2.45, 2.75) is 58.1 Å². The van der Waals surface area contributed by atoms with Gasteiger partial charge in [-0.1, -0.05) is 23.7 Å². The molecular formula is C28H36ClN5O4. The summed E-state index contributed by atoms with van der Waals surface area (Å²) in [7, 11) is 1.63. The Bertz CT molecular complexity index is 1250. The third-order valence-corrected chi connectivity index (χ3v) is 7.18. The van der Waals surface area contributed by atoms with Crippen LogP contribution in [0.3, 0.4) is 0 Å². The van der Waals surface area contributed by atoms with Gasteiger partial charge in [0.05, 0.1) is 23.3 Å². The van der Waals surface area contributed by atoms with Crippen molar-refractivity contribution in [3.05, 3.63) is 53.4 Å². The number of halogens is 1. The number of rotatable bonds is 9. The number of hydrogen-bond donors (Lipinski definition) is 2. The Hall–Kier alpha value is -3.17. The molecular weight excluding hydrogens is 506 g/mol. The number of benzene rings is 1. The molecule has 1 amide bonds. The molecule has 1 unspecified atom stereocenters. The van der Waals surface area contributed by atoms with Gasteiger partial charge in [0.25, 0.3) is 0 Å². The van der Waals surface area contributed by atoms with Gasteiger partial charge in [-0.25, -0.2) is 9.97 Å². The van der Waals surface area contributed by atoms with Crippen molar-refractivity contribution in [1.82, 2.24) is 20.3 Å². The zero-order valence-electron chi connectivity index (χ0n) is 22.4. The summed E-state index contributed by atoms with van der Waals surface area (Å²) in [6, 6.07) is 9.09. The fourth-order valence-electron chi connectivity index (χ4n) is 4.96. The lowest BCUT2D eigenvalue weighted by Crippen LogP contribution is -2.51. The van der Waals surface area contributed by atoms with Gasteiger partial charge < -0.3 is 24.7 Å². The molecule has 38 heavy (non-hydrogen) atoms. The van der Waals surface area contributed by atoms with Gasteiger partial charge >= 0.3 is 5.97 Å². The molecule has 1 aromatic carbocycles. The molecule has 10 heteroatoms. The summed E-state index contributed by atoms with van der Waals surface area (Å²) >= 11 is 6.09. The van der Waals surface area contributed by atoms with Gasteiger partial charge in [-0.2, -0.15) is 0 Å². The van der Waals surface area contributed by atoms with Gasteiger partial charge in [-0.05, 0) is 63.8 Å². The summed E-state index contributed by atoms with van der Waals surface area (Å²) in [5.74, 6) is 0.284. The molecule has 2 aromatic heterocycles. The number of piperidine rings is 1. The van der Waals surface area contributed by atoms with E-state index in [1.807, 2.05) is 45.2 Å². The van der Waals surface area contributed by atoms with Crippen molar-refractivity contribution >= 4 is 40.3 Å². The van der Waals surface area contributed by atoms with Crippen LogP contribution >= 0.6 is 11.6 Å². The normalized spacial score (nSPS) is 16.3. The topological polar surface area (TPSA) is 109 Å². The Morgan fingerprint density at radius 2 is 1.87 bits per heavy atom. The molecule has 0 saturated carbocycles. The average molecular weight is 542 g/mol. The van der Waals surface area contributed by atoms with Gasteiger partial charge in [0, 0.05) is 38.0 Å². The first-order valence-corrected chi connectivity index (χ1v) is 13.3. The lowest BCUT2D eigenvalue weighted by molar-refractivity contribution is -0.161. The highest BCUT2D eigenvalue weighted by Gasteiger charge is 2.45. The molecule has 0 aliphatic carbocycles. The van der Waals surface area contributed by atoms with Gasteiger partial charge in [0.2, 0.25) is 5.91 Å². The Kier molecular flexibility index (Phi) is 8.57. The van der Waals surface area contributed by atoms with Crippen LogP contribution in [0.4, 0.5) is 5.82 Å². The van der Waals surface area contributed by atoms with Gasteiger partial charge in [-0.15, -0.1) is 0 Å². The molecule has 0 radical (unpaired) electrons. The Balaban J connectivity index is 1.57. The second-order valence-electron chi connectivity index (χ2n) is 10.8. The highest BCUT2D eigenvalue weighted by Crippen LogP contribution is 2.39. The summed E-state index contributed by atoms with van der Waals surface area (Å²) in [6.45, 7) is 7.10. The van der Waals surface area contributed by atoms with E-state index in [2.05, 4.69) is 25.2 Å². The minimum Gasteiger partial charge on any atom is -0.460 e. The lowest BCUT2D eigenvalue weighted by atomic mass is 9.74. The fourth-order valence-corrected chi connectivity index (χ4v) is 5.09. The number of nitrogens with one attached hydrogen (secondary N) is 2. The summed E-state index contributed by atoms with van der Waals surface area (Å²) in [5.41, 5.74) is 0.143. The molecule has 3 heterocycles. The highest BCUT2D eigenvalue weighted by molar-refractivity contribution is 6.30. The number of esters is 1. The van der Waals surface area contributed by atoms with Crippen molar-refractivity contribution in [3.63, 3.8) is 0 Å². The number of hydrogen-bond acceptors (Lipinski definition) is 7. The highest BCUT2D eigenvalue weighted by atomic mass is 35.5. The second kappa shape index (κ2) is 11.7. The number of ether oxygens (including phenoxy) is 2. The molecule has 9 nitrogen and oxygen atoms in total. The number of anilines is 1. The molecule has 0 spiro atoms. The molecule has 0 bridgehead atoms. The average Bonchev–Trinajstić information content (AvgIpc) is 3.35. The van der Waals surface area contributed by atoms with Crippen molar-refractivity contribution in [1.29, 1.82) is 0 Å². The third kappa shape index (κ3) is 6.63. The van der Waals surface area contributed by atoms with Crippen molar-refractivity contribution in [2.24, 2.45) is 5.41 Å². The molecule has 2 N–H and O–H groups in total. The molecule has 4 rings (SSSR count). The maximum atomic E-state index is 14.0. The van der Waals surface area contributed by atoms with E-state index in [-0.39, 0.29) is 24.3 Å². The molecule has 1 atom stereocenters. The first kappa shape index (κ1) is 27.9. The minimum absolute atomic E-state index is 0.00486. The van der Waals surface area contributed by atoms with E-state index in [1.54, 1.807) is 19.2 Å². The van der Waals surface area contributed by atoms with Crippen LogP contribution in [0.25, 0.3) is 11.0 Å². The predicted molar refractivity (Wildman–Crippen MR) is 147 cm³/mol. The van der Waals surface area contributed by atoms with E-state index in [1.165, 1.54) is 6.33 Å². The largest absolute Gasteiger partial charge is 0.460 e.